The molecule has 1 aromatic carbocycles. The van der Waals surface area contributed by atoms with Crippen LogP contribution in [0, 0.1) is 0 Å². The summed E-state index contributed by atoms with van der Waals surface area (Å²) in [7, 11) is 6.73. The normalized spacial score (nSPS) is 10.0. The Kier molecular flexibility index (Phi) is 5.45. The standard InChI is InChI=1S/C13H20N2O3/c1-14-8-13(16)15(2)9-10-7-11(17-3)5-6-12(10)18-4/h5-7,14H,8-9H2,1-4H3. The molecule has 0 unspecified atom stereocenters. The van der Waals surface area contributed by atoms with Crippen LogP contribution in [0.25, 0.3) is 0 Å². The van der Waals surface area contributed by atoms with E-state index in [0.29, 0.717) is 13.1 Å². The first-order chi connectivity index (χ1) is 8.62. The maximum atomic E-state index is 11.7. The molecule has 1 amide bonds. The number of nitrogens with one attached hydrogen (secondary N) is 1. The molecular formula is C13H20N2O3. The van der Waals surface area contributed by atoms with Crippen LogP contribution in [0.15, 0.2) is 18.2 Å². The summed E-state index contributed by atoms with van der Waals surface area (Å²) in [5.74, 6) is 1.53. The molecule has 1 rings (SSSR count). The van der Waals surface area contributed by atoms with E-state index >= 15 is 0 Å². The van der Waals surface area contributed by atoms with Crippen molar-refractivity contribution >= 4 is 5.91 Å². The molecule has 0 bridgehead atoms. The number of carbonyl (C=O) groups excluding carboxylic acids is 1. The van der Waals surface area contributed by atoms with Crippen molar-refractivity contribution in [2.75, 3.05) is 34.9 Å². The van der Waals surface area contributed by atoms with E-state index in [9.17, 15) is 4.79 Å². The van der Waals surface area contributed by atoms with Crippen LogP contribution in [-0.4, -0.2) is 45.7 Å². The Morgan fingerprint density at radius 2 is 2.06 bits per heavy atom. The van der Waals surface area contributed by atoms with Gasteiger partial charge in [-0.25, -0.2) is 0 Å². The van der Waals surface area contributed by atoms with Crippen LogP contribution in [0.1, 0.15) is 5.56 Å². The highest BCUT2D eigenvalue weighted by Gasteiger charge is 2.12. The Labute approximate surface area is 108 Å². The largest absolute Gasteiger partial charge is 0.497 e. The van der Waals surface area contributed by atoms with Gasteiger partial charge in [0.2, 0.25) is 5.91 Å². The number of rotatable bonds is 6. The highest BCUT2D eigenvalue weighted by molar-refractivity contribution is 5.78. The van der Waals surface area contributed by atoms with Crippen molar-refractivity contribution in [2.24, 2.45) is 0 Å². The lowest BCUT2D eigenvalue weighted by Crippen LogP contribution is -2.33. The molecule has 0 fully saturated rings. The minimum Gasteiger partial charge on any atom is -0.497 e. The van der Waals surface area contributed by atoms with E-state index < -0.39 is 0 Å². The highest BCUT2D eigenvalue weighted by atomic mass is 16.5. The summed E-state index contributed by atoms with van der Waals surface area (Å²) in [5, 5.41) is 2.84. The Balaban J connectivity index is 2.84. The molecule has 0 heterocycles. The zero-order chi connectivity index (χ0) is 13.5. The van der Waals surface area contributed by atoms with E-state index in [1.165, 1.54) is 0 Å². The molecule has 0 saturated heterocycles. The van der Waals surface area contributed by atoms with Crippen LogP contribution in [0.3, 0.4) is 0 Å². The van der Waals surface area contributed by atoms with Gasteiger partial charge in [-0.05, 0) is 25.2 Å². The van der Waals surface area contributed by atoms with Gasteiger partial charge in [0, 0.05) is 19.2 Å². The molecule has 18 heavy (non-hydrogen) atoms. The van der Waals surface area contributed by atoms with Gasteiger partial charge in [0.1, 0.15) is 11.5 Å². The quantitative estimate of drug-likeness (QED) is 0.816. The minimum atomic E-state index is 0.0300. The number of hydrogen-bond acceptors (Lipinski definition) is 4. The van der Waals surface area contributed by atoms with E-state index in [-0.39, 0.29) is 5.91 Å². The van der Waals surface area contributed by atoms with Gasteiger partial charge in [-0.15, -0.1) is 0 Å². The number of ether oxygens (including phenoxy) is 2. The summed E-state index contributed by atoms with van der Waals surface area (Å²) in [4.78, 5) is 13.3. The Morgan fingerprint density at radius 3 is 2.61 bits per heavy atom. The number of hydrogen-bond donors (Lipinski definition) is 1. The number of carbonyl (C=O) groups is 1. The second-order valence-corrected chi connectivity index (χ2v) is 3.96. The van der Waals surface area contributed by atoms with Crippen molar-refractivity contribution in [2.45, 2.75) is 6.54 Å². The fourth-order valence-corrected chi connectivity index (χ4v) is 1.64. The van der Waals surface area contributed by atoms with E-state index in [1.807, 2.05) is 18.2 Å². The predicted molar refractivity (Wildman–Crippen MR) is 69.9 cm³/mol. The predicted octanol–water partition coefficient (Wildman–Crippen LogP) is 0.882. The van der Waals surface area contributed by atoms with Crippen molar-refractivity contribution < 1.29 is 14.3 Å². The smallest absolute Gasteiger partial charge is 0.236 e. The lowest BCUT2D eigenvalue weighted by Gasteiger charge is -2.19. The molecule has 0 aromatic heterocycles. The van der Waals surface area contributed by atoms with E-state index in [1.54, 1.807) is 33.2 Å². The monoisotopic (exact) mass is 252 g/mol. The number of benzene rings is 1. The molecule has 1 N–H and O–H groups in total. The lowest BCUT2D eigenvalue weighted by atomic mass is 10.1. The van der Waals surface area contributed by atoms with Crippen molar-refractivity contribution in [3.8, 4) is 11.5 Å². The summed E-state index contributed by atoms with van der Waals surface area (Å²) in [6.07, 6.45) is 0. The summed E-state index contributed by atoms with van der Waals surface area (Å²) in [6, 6.07) is 5.55. The molecule has 1 aromatic rings. The molecule has 0 atom stereocenters. The fourth-order valence-electron chi connectivity index (χ4n) is 1.64. The third-order valence-electron chi connectivity index (χ3n) is 2.65. The third-order valence-corrected chi connectivity index (χ3v) is 2.65. The lowest BCUT2D eigenvalue weighted by molar-refractivity contribution is -0.129. The fraction of sp³-hybridized carbons (Fsp3) is 0.462. The summed E-state index contributed by atoms with van der Waals surface area (Å²) < 4.78 is 10.4. The van der Waals surface area contributed by atoms with E-state index in [2.05, 4.69) is 5.32 Å². The average Bonchev–Trinajstić information content (AvgIpc) is 2.38. The first-order valence-corrected chi connectivity index (χ1v) is 5.71. The maximum absolute atomic E-state index is 11.7. The van der Waals surface area contributed by atoms with Gasteiger partial charge in [-0.2, -0.15) is 0 Å². The molecule has 0 aliphatic rings. The van der Waals surface area contributed by atoms with Crippen molar-refractivity contribution in [3.63, 3.8) is 0 Å². The molecule has 0 aliphatic carbocycles. The highest BCUT2D eigenvalue weighted by Crippen LogP contribution is 2.24. The molecule has 0 saturated carbocycles. The van der Waals surface area contributed by atoms with Gasteiger partial charge in [0.15, 0.2) is 0 Å². The molecular weight excluding hydrogens is 232 g/mol. The van der Waals surface area contributed by atoms with Gasteiger partial charge >= 0.3 is 0 Å². The molecule has 0 spiro atoms. The Morgan fingerprint density at radius 1 is 1.33 bits per heavy atom. The zero-order valence-corrected chi connectivity index (χ0v) is 11.3. The SMILES string of the molecule is CNCC(=O)N(C)Cc1cc(OC)ccc1OC. The molecule has 0 radical (unpaired) electrons. The summed E-state index contributed by atoms with van der Waals surface area (Å²) in [6.45, 7) is 0.809. The zero-order valence-electron chi connectivity index (χ0n) is 11.3. The first-order valence-electron chi connectivity index (χ1n) is 5.71. The first kappa shape index (κ1) is 14.3. The second kappa shape index (κ2) is 6.86. The number of methoxy groups -OCH3 is 2. The number of nitrogens with zero attached hydrogens (tertiary/aromatic N) is 1. The van der Waals surface area contributed by atoms with Gasteiger partial charge in [0.25, 0.3) is 0 Å². The van der Waals surface area contributed by atoms with Crippen LogP contribution in [0.4, 0.5) is 0 Å². The van der Waals surface area contributed by atoms with Gasteiger partial charge in [-0.3, -0.25) is 4.79 Å². The van der Waals surface area contributed by atoms with Crippen molar-refractivity contribution in [1.29, 1.82) is 0 Å². The van der Waals surface area contributed by atoms with Crippen LogP contribution >= 0.6 is 0 Å². The average molecular weight is 252 g/mol. The molecule has 5 nitrogen and oxygen atoms in total. The van der Waals surface area contributed by atoms with Gasteiger partial charge in [-0.1, -0.05) is 0 Å². The van der Waals surface area contributed by atoms with Crippen LogP contribution in [0.2, 0.25) is 0 Å². The molecule has 5 heteroatoms. The molecule has 0 aliphatic heterocycles. The number of likely N-dealkylation sites (N-methyl/N-ethyl adjacent to an activating group) is 2. The van der Waals surface area contributed by atoms with E-state index in [4.69, 9.17) is 9.47 Å². The van der Waals surface area contributed by atoms with Crippen molar-refractivity contribution in [3.05, 3.63) is 23.8 Å². The second-order valence-electron chi connectivity index (χ2n) is 3.96. The van der Waals surface area contributed by atoms with Crippen LogP contribution < -0.4 is 14.8 Å². The van der Waals surface area contributed by atoms with E-state index in [0.717, 1.165) is 17.1 Å². The third kappa shape index (κ3) is 3.63. The summed E-state index contributed by atoms with van der Waals surface area (Å²) in [5.41, 5.74) is 0.920. The van der Waals surface area contributed by atoms with Crippen LogP contribution in [-0.2, 0) is 11.3 Å². The Bertz CT molecular complexity index is 407. The maximum Gasteiger partial charge on any atom is 0.236 e. The molecule has 100 valence electrons. The summed E-state index contributed by atoms with van der Waals surface area (Å²) >= 11 is 0. The minimum absolute atomic E-state index is 0.0300. The number of amides is 1. The Hall–Kier alpha value is -1.75. The van der Waals surface area contributed by atoms with Gasteiger partial charge in [0.05, 0.1) is 20.8 Å². The van der Waals surface area contributed by atoms with Crippen molar-refractivity contribution in [1.82, 2.24) is 10.2 Å². The van der Waals surface area contributed by atoms with Gasteiger partial charge < -0.3 is 19.7 Å². The van der Waals surface area contributed by atoms with Crippen LogP contribution in [0.5, 0.6) is 11.5 Å². The topological polar surface area (TPSA) is 50.8 Å².